The number of aryl methyl sites for hydroxylation is 3. The molecule has 6 nitrogen and oxygen atoms in total. The second kappa shape index (κ2) is 7.81. The van der Waals surface area contributed by atoms with Crippen LogP contribution < -0.4 is 0 Å². The first-order valence-corrected chi connectivity index (χ1v) is 11.0. The summed E-state index contributed by atoms with van der Waals surface area (Å²) in [4.78, 5) is 15.1. The lowest BCUT2D eigenvalue weighted by Gasteiger charge is -2.33. The molecule has 1 fully saturated rings. The van der Waals surface area contributed by atoms with Gasteiger partial charge in [-0.2, -0.15) is 4.31 Å². The largest absolute Gasteiger partial charge is 0.351 e. The average molecular weight is 404 g/mol. The number of sulfonamides is 1. The van der Waals surface area contributed by atoms with E-state index in [-0.39, 0.29) is 5.78 Å². The lowest BCUT2D eigenvalue weighted by Crippen LogP contribution is -2.49. The van der Waals surface area contributed by atoms with E-state index >= 15 is 0 Å². The minimum atomic E-state index is -3.50. The first-order chi connectivity index (χ1) is 13.1. The minimum absolute atomic E-state index is 0.0897. The molecule has 2 heterocycles. The smallest absolute Gasteiger partial charge is 0.243 e. The molecule has 0 radical (unpaired) electrons. The van der Waals surface area contributed by atoms with Gasteiger partial charge in [0.2, 0.25) is 10.0 Å². The zero-order valence-corrected chi connectivity index (χ0v) is 18.1. The first-order valence-electron chi connectivity index (χ1n) is 9.57. The molecule has 0 spiro atoms. The van der Waals surface area contributed by atoms with Crippen LogP contribution in [0.15, 0.2) is 29.2 Å². The Labute approximate surface area is 167 Å². The van der Waals surface area contributed by atoms with Crippen LogP contribution in [-0.4, -0.2) is 60.7 Å². The summed E-state index contributed by atoms with van der Waals surface area (Å²) in [6, 6.07) is 7.35. The number of carbonyl (C=O) groups excluding carboxylic acids is 1. The lowest BCUT2D eigenvalue weighted by molar-refractivity contribution is 0.0901. The summed E-state index contributed by atoms with van der Waals surface area (Å²) in [5.41, 5.74) is 4.60. The Bertz CT molecular complexity index is 1000. The number of nitrogens with zero attached hydrogens (tertiary/aromatic N) is 3. The van der Waals surface area contributed by atoms with Gasteiger partial charge in [0, 0.05) is 50.2 Å². The number of ketones is 1. The molecule has 1 aromatic heterocycles. The van der Waals surface area contributed by atoms with Gasteiger partial charge in [0.05, 0.1) is 11.4 Å². The highest BCUT2D eigenvalue weighted by molar-refractivity contribution is 7.89. The Kier molecular flexibility index (Phi) is 5.79. The van der Waals surface area contributed by atoms with Gasteiger partial charge in [0.25, 0.3) is 0 Å². The number of carbonyl (C=O) groups is 1. The first kappa shape index (κ1) is 20.8. The number of piperazine rings is 1. The van der Waals surface area contributed by atoms with Gasteiger partial charge in [-0.25, -0.2) is 8.42 Å². The Morgan fingerprint density at radius 3 is 2.18 bits per heavy atom. The molecule has 1 aliphatic heterocycles. The summed E-state index contributed by atoms with van der Waals surface area (Å²) in [6.45, 7) is 9.96. The van der Waals surface area contributed by atoms with Crippen molar-refractivity contribution in [3.8, 4) is 0 Å². The van der Waals surface area contributed by atoms with Crippen LogP contribution in [0.25, 0.3) is 0 Å². The SMILES string of the molecule is Cc1ccc(S(=O)(=O)N2CCN(CC(=O)c3cc(C)n(C)c3C)CC2)c(C)c1. The van der Waals surface area contributed by atoms with Crippen molar-refractivity contribution in [2.75, 3.05) is 32.7 Å². The Morgan fingerprint density at radius 1 is 1.00 bits per heavy atom. The van der Waals surface area contributed by atoms with Gasteiger partial charge in [-0.05, 0) is 45.4 Å². The highest BCUT2D eigenvalue weighted by Crippen LogP contribution is 2.22. The number of rotatable bonds is 5. The van der Waals surface area contributed by atoms with Gasteiger partial charge in [-0.3, -0.25) is 9.69 Å². The Morgan fingerprint density at radius 2 is 1.64 bits per heavy atom. The molecule has 0 bridgehead atoms. The maximum atomic E-state index is 13.0. The van der Waals surface area contributed by atoms with E-state index in [1.54, 1.807) is 6.07 Å². The van der Waals surface area contributed by atoms with Crippen LogP contribution in [0.5, 0.6) is 0 Å². The van der Waals surface area contributed by atoms with Crippen molar-refractivity contribution in [3.05, 3.63) is 52.3 Å². The third-order valence-electron chi connectivity index (χ3n) is 5.72. The molecule has 3 rings (SSSR count). The molecule has 0 N–H and O–H groups in total. The lowest BCUT2D eigenvalue weighted by atomic mass is 10.1. The van der Waals surface area contributed by atoms with E-state index in [9.17, 15) is 13.2 Å². The fourth-order valence-corrected chi connectivity index (χ4v) is 5.41. The molecule has 0 aliphatic carbocycles. The number of Topliss-reactive ketones (excluding diaryl/α,β-unsaturated/α-hetero) is 1. The van der Waals surface area contributed by atoms with Crippen LogP contribution in [0.4, 0.5) is 0 Å². The fourth-order valence-electron chi connectivity index (χ4n) is 3.78. The number of aromatic nitrogens is 1. The molecule has 0 amide bonds. The third-order valence-corrected chi connectivity index (χ3v) is 7.78. The molecule has 1 aliphatic rings. The van der Waals surface area contributed by atoms with Crippen molar-refractivity contribution < 1.29 is 13.2 Å². The van der Waals surface area contributed by atoms with Crippen molar-refractivity contribution in [1.29, 1.82) is 0 Å². The van der Waals surface area contributed by atoms with Crippen LogP contribution in [-0.2, 0) is 17.1 Å². The minimum Gasteiger partial charge on any atom is -0.351 e. The molecule has 7 heteroatoms. The molecule has 0 unspecified atom stereocenters. The van der Waals surface area contributed by atoms with Crippen LogP contribution >= 0.6 is 0 Å². The molecular weight excluding hydrogens is 374 g/mol. The summed E-state index contributed by atoms with van der Waals surface area (Å²) in [5, 5.41) is 0. The Hall–Kier alpha value is -1.96. The molecule has 28 heavy (non-hydrogen) atoms. The summed E-state index contributed by atoms with van der Waals surface area (Å²) in [5.74, 6) is 0.0897. The van der Waals surface area contributed by atoms with Gasteiger partial charge < -0.3 is 4.57 Å². The monoisotopic (exact) mass is 403 g/mol. The fraction of sp³-hybridized carbons (Fsp3) is 0.476. The molecular formula is C21H29N3O3S. The molecule has 152 valence electrons. The highest BCUT2D eigenvalue weighted by atomic mass is 32.2. The van der Waals surface area contributed by atoms with Crippen LogP contribution in [0.2, 0.25) is 0 Å². The van der Waals surface area contributed by atoms with E-state index in [4.69, 9.17) is 0 Å². The second-order valence-corrected chi connectivity index (χ2v) is 9.62. The van der Waals surface area contributed by atoms with Crippen molar-refractivity contribution in [2.24, 2.45) is 7.05 Å². The number of benzene rings is 1. The van der Waals surface area contributed by atoms with E-state index in [2.05, 4.69) is 0 Å². The normalized spacial score (nSPS) is 16.5. The topological polar surface area (TPSA) is 62.6 Å². The quantitative estimate of drug-likeness (QED) is 0.720. The van der Waals surface area contributed by atoms with Crippen LogP contribution in [0, 0.1) is 27.7 Å². The van der Waals surface area contributed by atoms with E-state index in [1.807, 2.05) is 62.4 Å². The zero-order chi connectivity index (χ0) is 20.6. The van der Waals surface area contributed by atoms with Crippen molar-refractivity contribution in [1.82, 2.24) is 13.8 Å². The molecule has 1 aromatic carbocycles. The van der Waals surface area contributed by atoms with Gasteiger partial charge in [0.15, 0.2) is 5.78 Å². The number of hydrogen-bond acceptors (Lipinski definition) is 4. The molecule has 0 atom stereocenters. The maximum Gasteiger partial charge on any atom is 0.243 e. The highest BCUT2D eigenvalue weighted by Gasteiger charge is 2.30. The third kappa shape index (κ3) is 3.92. The molecule has 2 aromatic rings. The Balaban J connectivity index is 1.65. The standard InChI is InChI=1S/C21H29N3O3S/c1-15-6-7-21(16(2)12-15)28(26,27)24-10-8-23(9-11-24)14-20(25)19-13-17(3)22(5)18(19)4/h6-7,12-13H,8-11,14H2,1-5H3. The number of hydrogen-bond donors (Lipinski definition) is 0. The molecule has 0 saturated carbocycles. The summed E-state index contributed by atoms with van der Waals surface area (Å²) in [7, 11) is -1.55. The summed E-state index contributed by atoms with van der Waals surface area (Å²) < 4.78 is 29.5. The van der Waals surface area contributed by atoms with Crippen molar-refractivity contribution in [2.45, 2.75) is 32.6 Å². The van der Waals surface area contributed by atoms with Gasteiger partial charge in [-0.15, -0.1) is 0 Å². The maximum absolute atomic E-state index is 13.0. The van der Waals surface area contributed by atoms with Gasteiger partial charge in [-0.1, -0.05) is 17.7 Å². The van der Waals surface area contributed by atoms with Gasteiger partial charge >= 0.3 is 0 Å². The predicted molar refractivity (Wildman–Crippen MR) is 110 cm³/mol. The van der Waals surface area contributed by atoms with E-state index in [0.717, 1.165) is 28.1 Å². The molecule has 1 saturated heterocycles. The average Bonchev–Trinajstić information content (AvgIpc) is 2.89. The van der Waals surface area contributed by atoms with E-state index in [1.165, 1.54) is 4.31 Å². The summed E-state index contributed by atoms with van der Waals surface area (Å²) in [6.07, 6.45) is 0. The van der Waals surface area contributed by atoms with Crippen LogP contribution in [0.3, 0.4) is 0 Å². The van der Waals surface area contributed by atoms with Crippen molar-refractivity contribution in [3.63, 3.8) is 0 Å². The van der Waals surface area contributed by atoms with Gasteiger partial charge in [0.1, 0.15) is 0 Å². The van der Waals surface area contributed by atoms with Crippen LogP contribution in [0.1, 0.15) is 32.9 Å². The van der Waals surface area contributed by atoms with E-state index < -0.39 is 10.0 Å². The predicted octanol–water partition coefficient (Wildman–Crippen LogP) is 2.45. The summed E-state index contributed by atoms with van der Waals surface area (Å²) >= 11 is 0. The zero-order valence-electron chi connectivity index (χ0n) is 17.3. The van der Waals surface area contributed by atoms with Crippen molar-refractivity contribution >= 4 is 15.8 Å². The van der Waals surface area contributed by atoms with E-state index in [0.29, 0.717) is 37.6 Å². The second-order valence-electron chi connectivity index (χ2n) is 7.72.